The Labute approximate surface area is 105 Å². The van der Waals surface area contributed by atoms with E-state index in [4.69, 9.17) is 5.11 Å². The molecule has 0 aliphatic carbocycles. The van der Waals surface area contributed by atoms with Gasteiger partial charge in [-0.3, -0.25) is 4.68 Å². The molecule has 0 bridgehead atoms. The second kappa shape index (κ2) is 6.04. The van der Waals surface area contributed by atoms with Gasteiger partial charge in [-0.1, -0.05) is 13.8 Å². The number of nitrogens with one attached hydrogen (secondary N) is 2. The SMILES string of the molecule is CC(C)CC(NC(=O)Nc1cnn(C)c1)C(=O)O. The van der Waals surface area contributed by atoms with Crippen molar-refractivity contribution in [1.82, 2.24) is 15.1 Å². The van der Waals surface area contributed by atoms with Gasteiger partial charge in [0.2, 0.25) is 0 Å². The standard InChI is InChI=1S/C11H18N4O3/c1-7(2)4-9(10(16)17)14-11(18)13-8-5-12-15(3)6-8/h5-7,9H,4H2,1-3H3,(H,16,17)(H2,13,14,18). The highest BCUT2D eigenvalue weighted by Crippen LogP contribution is 2.06. The fourth-order valence-electron chi connectivity index (χ4n) is 1.50. The lowest BCUT2D eigenvalue weighted by Gasteiger charge is -2.16. The molecular formula is C11H18N4O3. The van der Waals surface area contributed by atoms with Gasteiger partial charge in [0.05, 0.1) is 11.9 Å². The number of hydrogen-bond donors (Lipinski definition) is 3. The van der Waals surface area contributed by atoms with Crippen molar-refractivity contribution in [3.63, 3.8) is 0 Å². The number of aryl methyl sites for hydroxylation is 1. The Hall–Kier alpha value is -2.05. The summed E-state index contributed by atoms with van der Waals surface area (Å²) in [5, 5.41) is 17.8. The van der Waals surface area contributed by atoms with Gasteiger partial charge >= 0.3 is 12.0 Å². The van der Waals surface area contributed by atoms with Gasteiger partial charge in [0.1, 0.15) is 6.04 Å². The molecule has 0 fully saturated rings. The molecule has 7 nitrogen and oxygen atoms in total. The molecule has 1 aromatic heterocycles. The molecule has 2 amide bonds. The Balaban J connectivity index is 2.53. The fraction of sp³-hybridized carbons (Fsp3) is 0.545. The number of amides is 2. The number of carboxylic acids is 1. The van der Waals surface area contributed by atoms with Crippen LogP contribution in [0.25, 0.3) is 0 Å². The predicted molar refractivity (Wildman–Crippen MR) is 66.2 cm³/mol. The van der Waals surface area contributed by atoms with Crippen molar-refractivity contribution in [2.75, 3.05) is 5.32 Å². The maximum absolute atomic E-state index is 11.6. The van der Waals surface area contributed by atoms with Gasteiger partial charge < -0.3 is 15.7 Å². The summed E-state index contributed by atoms with van der Waals surface area (Å²) in [4.78, 5) is 22.6. The van der Waals surface area contributed by atoms with E-state index in [9.17, 15) is 9.59 Å². The van der Waals surface area contributed by atoms with Gasteiger partial charge in [0, 0.05) is 13.2 Å². The summed E-state index contributed by atoms with van der Waals surface area (Å²) in [6, 6.07) is -1.43. The number of carbonyl (C=O) groups is 2. The monoisotopic (exact) mass is 254 g/mol. The van der Waals surface area contributed by atoms with Crippen LogP contribution in [0, 0.1) is 5.92 Å². The lowest BCUT2D eigenvalue weighted by atomic mass is 10.0. The van der Waals surface area contributed by atoms with Crippen molar-refractivity contribution < 1.29 is 14.7 Å². The quantitative estimate of drug-likeness (QED) is 0.731. The Morgan fingerprint density at radius 3 is 2.61 bits per heavy atom. The summed E-state index contributed by atoms with van der Waals surface area (Å²) in [5.74, 6) is -0.852. The zero-order chi connectivity index (χ0) is 13.7. The molecule has 100 valence electrons. The smallest absolute Gasteiger partial charge is 0.326 e. The molecule has 1 aromatic rings. The number of aliphatic carboxylic acids is 1. The molecule has 0 saturated carbocycles. The normalized spacial score (nSPS) is 12.2. The molecule has 1 heterocycles. The number of anilines is 1. The topological polar surface area (TPSA) is 96.3 Å². The summed E-state index contributed by atoms with van der Waals surface area (Å²) in [6.07, 6.45) is 3.49. The zero-order valence-corrected chi connectivity index (χ0v) is 10.7. The Morgan fingerprint density at radius 2 is 2.17 bits per heavy atom. The van der Waals surface area contributed by atoms with Gasteiger partial charge in [-0.2, -0.15) is 5.10 Å². The first-order chi connectivity index (χ1) is 8.38. The van der Waals surface area contributed by atoms with E-state index < -0.39 is 18.0 Å². The summed E-state index contributed by atoms with van der Waals surface area (Å²) in [6.45, 7) is 3.80. The van der Waals surface area contributed by atoms with E-state index in [1.165, 1.54) is 6.20 Å². The first-order valence-electron chi connectivity index (χ1n) is 5.67. The third kappa shape index (κ3) is 4.44. The molecule has 0 radical (unpaired) electrons. The van der Waals surface area contributed by atoms with Gasteiger partial charge in [-0.05, 0) is 12.3 Å². The van der Waals surface area contributed by atoms with Crippen molar-refractivity contribution in [2.45, 2.75) is 26.3 Å². The van der Waals surface area contributed by atoms with Crippen LogP contribution in [0.2, 0.25) is 0 Å². The zero-order valence-electron chi connectivity index (χ0n) is 10.7. The molecular weight excluding hydrogens is 236 g/mol. The number of rotatable bonds is 5. The van der Waals surface area contributed by atoms with Crippen LogP contribution in [-0.2, 0) is 11.8 Å². The summed E-state index contributed by atoms with van der Waals surface area (Å²) >= 11 is 0. The van der Waals surface area contributed by atoms with Gasteiger partial charge in [0.15, 0.2) is 0 Å². The molecule has 0 aliphatic rings. The maximum atomic E-state index is 11.6. The number of urea groups is 1. The van der Waals surface area contributed by atoms with Crippen molar-refractivity contribution in [3.8, 4) is 0 Å². The van der Waals surface area contributed by atoms with E-state index in [0.717, 1.165) is 0 Å². The van der Waals surface area contributed by atoms with Crippen LogP contribution in [0.15, 0.2) is 12.4 Å². The van der Waals surface area contributed by atoms with Crippen molar-refractivity contribution in [1.29, 1.82) is 0 Å². The predicted octanol–water partition coefficient (Wildman–Crippen LogP) is 1.04. The second-order valence-electron chi connectivity index (χ2n) is 4.52. The molecule has 0 aliphatic heterocycles. The van der Waals surface area contributed by atoms with Crippen molar-refractivity contribution in [3.05, 3.63) is 12.4 Å². The summed E-state index contributed by atoms with van der Waals surface area (Å²) in [5.41, 5.74) is 0.517. The second-order valence-corrected chi connectivity index (χ2v) is 4.52. The lowest BCUT2D eigenvalue weighted by Crippen LogP contribution is -2.43. The largest absolute Gasteiger partial charge is 0.480 e. The van der Waals surface area contributed by atoms with Crippen molar-refractivity contribution >= 4 is 17.7 Å². The minimum atomic E-state index is -1.04. The molecule has 3 N–H and O–H groups in total. The first kappa shape index (κ1) is 14.0. The maximum Gasteiger partial charge on any atom is 0.326 e. The Bertz CT molecular complexity index is 428. The number of carboxylic acid groups (broad SMARTS) is 1. The van der Waals surface area contributed by atoms with Crippen molar-refractivity contribution in [2.24, 2.45) is 13.0 Å². The molecule has 1 atom stereocenters. The highest BCUT2D eigenvalue weighted by molar-refractivity contribution is 5.91. The van der Waals surface area contributed by atoms with Crippen LogP contribution < -0.4 is 10.6 Å². The Kier molecular flexibility index (Phi) is 4.70. The van der Waals surface area contributed by atoms with E-state index >= 15 is 0 Å². The van der Waals surface area contributed by atoms with Crippen LogP contribution >= 0.6 is 0 Å². The van der Waals surface area contributed by atoms with E-state index in [1.54, 1.807) is 17.9 Å². The molecule has 0 spiro atoms. The Morgan fingerprint density at radius 1 is 1.50 bits per heavy atom. The van der Waals surface area contributed by atoms with E-state index in [-0.39, 0.29) is 5.92 Å². The number of aromatic nitrogens is 2. The number of hydrogen-bond acceptors (Lipinski definition) is 3. The number of carbonyl (C=O) groups excluding carboxylic acids is 1. The fourth-order valence-corrected chi connectivity index (χ4v) is 1.50. The number of nitrogens with zero attached hydrogens (tertiary/aromatic N) is 2. The molecule has 1 rings (SSSR count). The van der Waals surface area contributed by atoms with E-state index in [2.05, 4.69) is 15.7 Å². The van der Waals surface area contributed by atoms with Crippen LogP contribution in [0.4, 0.5) is 10.5 Å². The molecule has 0 saturated heterocycles. The molecule has 7 heteroatoms. The first-order valence-corrected chi connectivity index (χ1v) is 5.67. The van der Waals surface area contributed by atoms with Crippen LogP contribution in [0.3, 0.4) is 0 Å². The van der Waals surface area contributed by atoms with Gasteiger partial charge in [-0.25, -0.2) is 9.59 Å². The van der Waals surface area contributed by atoms with Crippen LogP contribution in [-0.4, -0.2) is 32.9 Å². The van der Waals surface area contributed by atoms with Crippen LogP contribution in [0.5, 0.6) is 0 Å². The van der Waals surface area contributed by atoms with Crippen LogP contribution in [0.1, 0.15) is 20.3 Å². The van der Waals surface area contributed by atoms with Gasteiger partial charge in [-0.15, -0.1) is 0 Å². The van der Waals surface area contributed by atoms with Gasteiger partial charge in [0.25, 0.3) is 0 Å². The average molecular weight is 254 g/mol. The summed E-state index contributed by atoms with van der Waals surface area (Å²) < 4.78 is 1.54. The lowest BCUT2D eigenvalue weighted by molar-refractivity contribution is -0.139. The molecule has 18 heavy (non-hydrogen) atoms. The molecule has 1 unspecified atom stereocenters. The van der Waals surface area contributed by atoms with E-state index in [1.807, 2.05) is 13.8 Å². The average Bonchev–Trinajstić information content (AvgIpc) is 2.62. The highest BCUT2D eigenvalue weighted by atomic mass is 16.4. The minimum absolute atomic E-state index is 0.185. The molecule has 0 aromatic carbocycles. The minimum Gasteiger partial charge on any atom is -0.480 e. The van der Waals surface area contributed by atoms with E-state index in [0.29, 0.717) is 12.1 Å². The third-order valence-electron chi connectivity index (χ3n) is 2.27. The third-order valence-corrected chi connectivity index (χ3v) is 2.27. The summed E-state index contributed by atoms with van der Waals surface area (Å²) in [7, 11) is 1.72. The highest BCUT2D eigenvalue weighted by Gasteiger charge is 2.21.